The van der Waals surface area contributed by atoms with Crippen LogP contribution in [0.4, 0.5) is 0 Å². The molecule has 7 heteroatoms. The van der Waals surface area contributed by atoms with E-state index in [-0.39, 0.29) is 24.8 Å². The summed E-state index contributed by atoms with van der Waals surface area (Å²) in [6, 6.07) is 0. The number of nitrogens with one attached hydrogen (secondary N) is 1. The zero-order valence-corrected chi connectivity index (χ0v) is 18.5. The predicted octanol–water partition coefficient (Wildman–Crippen LogP) is 2.96. The molecule has 1 unspecified atom stereocenters. The smallest absolute Gasteiger partial charge is 0.222 e. The molecule has 0 spiro atoms. The summed E-state index contributed by atoms with van der Waals surface area (Å²) in [6.45, 7) is 10.7. The summed E-state index contributed by atoms with van der Waals surface area (Å²) in [6.07, 6.45) is 8.23. The largest absolute Gasteiger partial charge is 0.377 e. The molecule has 0 saturated carbocycles. The highest BCUT2D eigenvalue weighted by molar-refractivity contribution is 5.85. The second-order valence-corrected chi connectivity index (χ2v) is 8.27. The fourth-order valence-electron chi connectivity index (χ4n) is 4.61. The highest BCUT2D eigenvalue weighted by Gasteiger charge is 2.27. The molecule has 3 fully saturated rings. The van der Waals surface area contributed by atoms with Gasteiger partial charge in [0.1, 0.15) is 0 Å². The van der Waals surface area contributed by atoms with Gasteiger partial charge in [-0.15, -0.1) is 24.8 Å². The van der Waals surface area contributed by atoms with Crippen molar-refractivity contribution in [3.05, 3.63) is 0 Å². The number of hydrogen-bond acceptors (Lipinski definition) is 4. The SMILES string of the molecule is CC(CC(=O)N1CCC(OCCN2CCCC2)CC1)C1CCNCC1.Cl.Cl. The lowest BCUT2D eigenvalue weighted by molar-refractivity contribution is -0.135. The van der Waals surface area contributed by atoms with E-state index in [0.29, 0.717) is 17.9 Å². The highest BCUT2D eigenvalue weighted by atomic mass is 35.5. The van der Waals surface area contributed by atoms with E-state index in [1.54, 1.807) is 0 Å². The average molecular weight is 424 g/mol. The Morgan fingerprint density at radius 2 is 1.67 bits per heavy atom. The first-order chi connectivity index (χ1) is 12.2. The van der Waals surface area contributed by atoms with E-state index >= 15 is 0 Å². The van der Waals surface area contributed by atoms with Crippen LogP contribution in [0.5, 0.6) is 0 Å². The van der Waals surface area contributed by atoms with Crippen molar-refractivity contribution in [2.75, 3.05) is 52.4 Å². The quantitative estimate of drug-likeness (QED) is 0.683. The minimum absolute atomic E-state index is 0. The van der Waals surface area contributed by atoms with Crippen LogP contribution in [0.2, 0.25) is 0 Å². The van der Waals surface area contributed by atoms with Gasteiger partial charge in [0.05, 0.1) is 12.7 Å². The fourth-order valence-corrected chi connectivity index (χ4v) is 4.61. The topological polar surface area (TPSA) is 44.8 Å². The van der Waals surface area contributed by atoms with Crippen molar-refractivity contribution in [1.82, 2.24) is 15.1 Å². The van der Waals surface area contributed by atoms with E-state index in [1.165, 1.54) is 38.8 Å². The lowest BCUT2D eigenvalue weighted by Gasteiger charge is -2.34. The van der Waals surface area contributed by atoms with Crippen LogP contribution in [0, 0.1) is 11.8 Å². The van der Waals surface area contributed by atoms with E-state index in [9.17, 15) is 4.79 Å². The van der Waals surface area contributed by atoms with Crippen molar-refractivity contribution >= 4 is 30.7 Å². The third kappa shape index (κ3) is 8.06. The normalized spacial score (nSPS) is 23.5. The monoisotopic (exact) mass is 423 g/mol. The van der Waals surface area contributed by atoms with Gasteiger partial charge in [0, 0.05) is 26.1 Å². The maximum atomic E-state index is 12.6. The Hall–Kier alpha value is -0.0700. The molecule has 0 aromatic carbocycles. The van der Waals surface area contributed by atoms with Crippen LogP contribution in [0.15, 0.2) is 0 Å². The van der Waals surface area contributed by atoms with Crippen LogP contribution < -0.4 is 5.32 Å². The molecule has 1 amide bonds. The van der Waals surface area contributed by atoms with Gasteiger partial charge in [-0.1, -0.05) is 6.92 Å². The van der Waals surface area contributed by atoms with E-state index < -0.39 is 0 Å². The van der Waals surface area contributed by atoms with Gasteiger partial charge in [-0.3, -0.25) is 4.79 Å². The average Bonchev–Trinajstić information content (AvgIpc) is 3.16. The summed E-state index contributed by atoms with van der Waals surface area (Å²) in [5.74, 6) is 1.60. The Labute approximate surface area is 177 Å². The maximum Gasteiger partial charge on any atom is 0.222 e. The van der Waals surface area contributed by atoms with Gasteiger partial charge in [0.2, 0.25) is 5.91 Å². The standard InChI is InChI=1S/C20H37N3O2.2ClH/c1-17(18-4-8-21-9-5-18)16-20(24)23-12-6-19(7-13-23)25-15-14-22-10-2-3-11-22;;/h17-19,21H,2-16H2,1H3;2*1H. The Morgan fingerprint density at radius 3 is 2.30 bits per heavy atom. The summed E-state index contributed by atoms with van der Waals surface area (Å²) in [7, 11) is 0. The molecule has 0 aromatic rings. The zero-order chi connectivity index (χ0) is 17.5. The van der Waals surface area contributed by atoms with Crippen molar-refractivity contribution in [3.63, 3.8) is 0 Å². The predicted molar refractivity (Wildman–Crippen MR) is 115 cm³/mol. The van der Waals surface area contributed by atoms with E-state index in [0.717, 1.165) is 64.5 Å². The molecule has 3 saturated heterocycles. The van der Waals surface area contributed by atoms with E-state index in [2.05, 4.69) is 22.0 Å². The second-order valence-electron chi connectivity index (χ2n) is 8.27. The van der Waals surface area contributed by atoms with Gasteiger partial charge in [-0.25, -0.2) is 0 Å². The minimum Gasteiger partial charge on any atom is -0.377 e. The Morgan fingerprint density at radius 1 is 1.04 bits per heavy atom. The lowest BCUT2D eigenvalue weighted by atomic mass is 9.84. The molecule has 3 aliphatic rings. The first-order valence-corrected chi connectivity index (χ1v) is 10.5. The van der Waals surface area contributed by atoms with Crippen molar-refractivity contribution in [2.45, 2.75) is 58.0 Å². The molecule has 0 bridgehead atoms. The van der Waals surface area contributed by atoms with Crippen molar-refractivity contribution in [3.8, 4) is 0 Å². The molecule has 0 aromatic heterocycles. The maximum absolute atomic E-state index is 12.6. The molecule has 1 N–H and O–H groups in total. The number of hydrogen-bond donors (Lipinski definition) is 1. The molecule has 5 nitrogen and oxygen atoms in total. The van der Waals surface area contributed by atoms with Crippen LogP contribution >= 0.6 is 24.8 Å². The van der Waals surface area contributed by atoms with Crippen LogP contribution in [0.1, 0.15) is 51.9 Å². The van der Waals surface area contributed by atoms with Gasteiger partial charge < -0.3 is 19.9 Å². The minimum atomic E-state index is 0. The van der Waals surface area contributed by atoms with Crippen molar-refractivity contribution in [2.24, 2.45) is 11.8 Å². The van der Waals surface area contributed by atoms with Gasteiger partial charge in [0.25, 0.3) is 0 Å². The molecular formula is C20H39Cl2N3O2. The number of rotatable bonds is 7. The summed E-state index contributed by atoms with van der Waals surface area (Å²) < 4.78 is 6.06. The molecule has 0 radical (unpaired) electrons. The van der Waals surface area contributed by atoms with Crippen LogP contribution in [0.3, 0.4) is 0 Å². The summed E-state index contributed by atoms with van der Waals surface area (Å²) in [5, 5.41) is 3.41. The summed E-state index contributed by atoms with van der Waals surface area (Å²) >= 11 is 0. The Bertz CT molecular complexity index is 408. The van der Waals surface area contributed by atoms with E-state index in [1.807, 2.05) is 0 Å². The van der Waals surface area contributed by atoms with Gasteiger partial charge in [-0.05, 0) is 76.5 Å². The number of halogens is 2. The van der Waals surface area contributed by atoms with Gasteiger partial charge in [-0.2, -0.15) is 0 Å². The first kappa shape index (κ1) is 25.0. The number of amides is 1. The van der Waals surface area contributed by atoms with Crippen LogP contribution in [-0.2, 0) is 9.53 Å². The number of likely N-dealkylation sites (tertiary alicyclic amines) is 2. The molecule has 27 heavy (non-hydrogen) atoms. The van der Waals surface area contributed by atoms with E-state index in [4.69, 9.17) is 4.74 Å². The lowest BCUT2D eigenvalue weighted by Crippen LogP contribution is -2.42. The van der Waals surface area contributed by atoms with Gasteiger partial charge in [0.15, 0.2) is 0 Å². The molecule has 3 rings (SSSR count). The van der Waals surface area contributed by atoms with Gasteiger partial charge >= 0.3 is 0 Å². The highest BCUT2D eigenvalue weighted by Crippen LogP contribution is 2.25. The second kappa shape index (κ2) is 13.2. The van der Waals surface area contributed by atoms with Crippen LogP contribution in [0.25, 0.3) is 0 Å². The number of carbonyl (C=O) groups is 1. The molecular weight excluding hydrogens is 385 g/mol. The number of carbonyl (C=O) groups excluding carboxylic acids is 1. The summed E-state index contributed by atoms with van der Waals surface area (Å²) in [4.78, 5) is 17.2. The molecule has 3 heterocycles. The molecule has 160 valence electrons. The third-order valence-corrected chi connectivity index (χ3v) is 6.44. The molecule has 3 aliphatic heterocycles. The summed E-state index contributed by atoms with van der Waals surface area (Å²) in [5.41, 5.74) is 0. The third-order valence-electron chi connectivity index (χ3n) is 6.44. The van der Waals surface area contributed by atoms with Crippen molar-refractivity contribution in [1.29, 1.82) is 0 Å². The molecule has 1 atom stereocenters. The Kier molecular flexibility index (Phi) is 12.2. The Balaban J connectivity index is 0.00000182. The number of ether oxygens (including phenoxy) is 1. The van der Waals surface area contributed by atoms with Crippen molar-refractivity contribution < 1.29 is 9.53 Å². The first-order valence-electron chi connectivity index (χ1n) is 10.5. The molecule has 0 aliphatic carbocycles. The number of piperidine rings is 2. The number of nitrogens with zero attached hydrogens (tertiary/aromatic N) is 2. The zero-order valence-electron chi connectivity index (χ0n) is 16.9. The van der Waals surface area contributed by atoms with Crippen LogP contribution in [-0.4, -0.2) is 74.2 Å². The fraction of sp³-hybridized carbons (Fsp3) is 0.950.